The number of alkyl halides is 2. The molecule has 0 spiro atoms. The molecule has 0 aliphatic heterocycles. The molecule has 0 radical (unpaired) electrons. The molecule has 1 aromatic rings. The predicted octanol–water partition coefficient (Wildman–Crippen LogP) is 3.38. The number of carbonyl (C=O) groups is 1. The summed E-state index contributed by atoms with van der Waals surface area (Å²) in [7, 11) is -3.98. The van der Waals surface area contributed by atoms with Crippen LogP contribution in [0.5, 0.6) is 5.75 Å². The van der Waals surface area contributed by atoms with Crippen molar-refractivity contribution in [1.29, 1.82) is 0 Å². The highest BCUT2D eigenvalue weighted by atomic mass is 35.5. The zero-order chi connectivity index (χ0) is 20.6. The fourth-order valence-electron chi connectivity index (χ4n) is 2.24. The topological polar surface area (TPSA) is 93.7 Å². The molecule has 27 heavy (non-hydrogen) atoms. The van der Waals surface area contributed by atoms with Crippen LogP contribution < -0.4 is 14.8 Å². The molecule has 1 atom stereocenters. The SMILES string of the molecule is CCOC(=O)NC(CNS(=O)(=O)c1ccc(OC(F)F)c(Cl)c1)CC(C)C. The van der Waals surface area contributed by atoms with Gasteiger partial charge in [-0.3, -0.25) is 0 Å². The second kappa shape index (κ2) is 10.6. The molecule has 0 bridgehead atoms. The van der Waals surface area contributed by atoms with E-state index in [1.165, 1.54) is 0 Å². The molecule has 2 N–H and O–H groups in total. The molecular weight excluding hydrogens is 406 g/mol. The molecule has 0 fully saturated rings. The van der Waals surface area contributed by atoms with E-state index in [4.69, 9.17) is 16.3 Å². The highest BCUT2D eigenvalue weighted by Crippen LogP contribution is 2.28. The first kappa shape index (κ1) is 23.4. The maximum atomic E-state index is 12.4. The van der Waals surface area contributed by atoms with Crippen LogP contribution in [0.1, 0.15) is 27.2 Å². The van der Waals surface area contributed by atoms with Crippen molar-refractivity contribution >= 4 is 27.7 Å². The lowest BCUT2D eigenvalue weighted by molar-refractivity contribution is -0.0498. The number of hydrogen-bond donors (Lipinski definition) is 2. The van der Waals surface area contributed by atoms with Crippen molar-refractivity contribution in [3.63, 3.8) is 0 Å². The van der Waals surface area contributed by atoms with Gasteiger partial charge in [-0.05, 0) is 37.5 Å². The van der Waals surface area contributed by atoms with Crippen LogP contribution in [-0.4, -0.2) is 40.3 Å². The summed E-state index contributed by atoms with van der Waals surface area (Å²) in [6, 6.07) is 2.67. The van der Waals surface area contributed by atoms with Gasteiger partial charge in [0.05, 0.1) is 16.5 Å². The van der Waals surface area contributed by atoms with Crippen LogP contribution in [0.2, 0.25) is 5.02 Å². The minimum Gasteiger partial charge on any atom is -0.450 e. The van der Waals surface area contributed by atoms with Crippen LogP contribution >= 0.6 is 11.6 Å². The smallest absolute Gasteiger partial charge is 0.407 e. The molecule has 1 unspecified atom stereocenters. The first-order valence-electron chi connectivity index (χ1n) is 8.22. The van der Waals surface area contributed by atoms with Gasteiger partial charge < -0.3 is 14.8 Å². The van der Waals surface area contributed by atoms with Crippen molar-refractivity contribution < 1.29 is 31.5 Å². The number of ether oxygens (including phenoxy) is 2. The van der Waals surface area contributed by atoms with E-state index in [1.54, 1.807) is 6.92 Å². The number of sulfonamides is 1. The number of hydrogen-bond acceptors (Lipinski definition) is 5. The van der Waals surface area contributed by atoms with Crippen molar-refractivity contribution in [2.75, 3.05) is 13.2 Å². The molecule has 0 saturated carbocycles. The fraction of sp³-hybridized carbons (Fsp3) is 0.562. The van der Waals surface area contributed by atoms with E-state index in [0.717, 1.165) is 18.2 Å². The number of carbonyl (C=O) groups excluding carboxylic acids is 1. The van der Waals surface area contributed by atoms with Crippen LogP contribution in [0.25, 0.3) is 0 Å². The summed E-state index contributed by atoms with van der Waals surface area (Å²) < 4.78 is 60.7. The molecule has 1 amide bonds. The lowest BCUT2D eigenvalue weighted by atomic mass is 10.0. The van der Waals surface area contributed by atoms with Crippen LogP contribution in [-0.2, 0) is 14.8 Å². The van der Waals surface area contributed by atoms with Crippen molar-refractivity contribution in [3.05, 3.63) is 23.2 Å². The maximum absolute atomic E-state index is 12.4. The van der Waals surface area contributed by atoms with Gasteiger partial charge in [0.1, 0.15) is 5.75 Å². The van der Waals surface area contributed by atoms with Crippen LogP contribution in [0.4, 0.5) is 13.6 Å². The van der Waals surface area contributed by atoms with E-state index >= 15 is 0 Å². The summed E-state index contributed by atoms with van der Waals surface area (Å²) in [4.78, 5) is 11.4. The van der Waals surface area contributed by atoms with Gasteiger partial charge in [-0.2, -0.15) is 8.78 Å². The molecule has 1 rings (SSSR count). The normalized spacial score (nSPS) is 12.9. The van der Waals surface area contributed by atoms with Crippen LogP contribution in [0.3, 0.4) is 0 Å². The van der Waals surface area contributed by atoms with Gasteiger partial charge in [-0.15, -0.1) is 0 Å². The average molecular weight is 429 g/mol. The first-order valence-corrected chi connectivity index (χ1v) is 10.1. The maximum Gasteiger partial charge on any atom is 0.407 e. The van der Waals surface area contributed by atoms with E-state index < -0.39 is 28.8 Å². The van der Waals surface area contributed by atoms with Crippen molar-refractivity contribution in [1.82, 2.24) is 10.0 Å². The summed E-state index contributed by atoms with van der Waals surface area (Å²) in [6.07, 6.45) is -0.123. The number of rotatable bonds is 10. The summed E-state index contributed by atoms with van der Waals surface area (Å²) in [5.74, 6) is -0.131. The highest BCUT2D eigenvalue weighted by Gasteiger charge is 2.21. The highest BCUT2D eigenvalue weighted by molar-refractivity contribution is 7.89. The third-order valence-corrected chi connectivity index (χ3v) is 5.02. The van der Waals surface area contributed by atoms with E-state index in [2.05, 4.69) is 14.8 Å². The Kier molecular flexibility index (Phi) is 9.20. The van der Waals surface area contributed by atoms with Gasteiger partial charge in [-0.1, -0.05) is 25.4 Å². The molecule has 0 aliphatic carbocycles. The molecule has 154 valence electrons. The van der Waals surface area contributed by atoms with Crippen molar-refractivity contribution in [2.24, 2.45) is 5.92 Å². The number of benzene rings is 1. The monoisotopic (exact) mass is 428 g/mol. The zero-order valence-corrected chi connectivity index (χ0v) is 16.7. The second-order valence-electron chi connectivity index (χ2n) is 6.01. The minimum atomic E-state index is -3.98. The molecule has 0 saturated heterocycles. The number of alkyl carbamates (subject to hydrolysis) is 1. The second-order valence-corrected chi connectivity index (χ2v) is 8.19. The number of halogens is 3. The standard InChI is InChI=1S/C16H23ClF2N2O5S/c1-4-25-16(22)21-11(7-10(2)3)9-20-27(23,24)12-5-6-14(13(17)8-12)26-15(18)19/h5-6,8,10-11,15,20H,4,7,9H2,1-3H3,(H,21,22). The molecule has 0 aliphatic rings. The molecule has 11 heteroatoms. The molecule has 0 aromatic heterocycles. The van der Waals surface area contributed by atoms with Gasteiger partial charge in [0.2, 0.25) is 10.0 Å². The lowest BCUT2D eigenvalue weighted by Crippen LogP contribution is -2.44. The largest absolute Gasteiger partial charge is 0.450 e. The van der Waals surface area contributed by atoms with Gasteiger partial charge in [-0.25, -0.2) is 17.9 Å². The quantitative estimate of drug-likeness (QED) is 0.595. The molecule has 0 heterocycles. The predicted molar refractivity (Wildman–Crippen MR) is 96.7 cm³/mol. The minimum absolute atomic E-state index is 0.0772. The third-order valence-electron chi connectivity index (χ3n) is 3.30. The Morgan fingerprint density at radius 1 is 1.30 bits per heavy atom. The Hall–Kier alpha value is -1.65. The number of amides is 1. The van der Waals surface area contributed by atoms with Crippen LogP contribution in [0.15, 0.2) is 23.1 Å². The van der Waals surface area contributed by atoms with Gasteiger partial charge in [0, 0.05) is 12.6 Å². The zero-order valence-electron chi connectivity index (χ0n) is 15.2. The summed E-state index contributed by atoms with van der Waals surface area (Å²) in [5, 5.41) is 2.34. The Bertz CT molecular complexity index is 732. The average Bonchev–Trinajstić information content (AvgIpc) is 2.54. The van der Waals surface area contributed by atoms with E-state index in [0.29, 0.717) is 6.42 Å². The van der Waals surface area contributed by atoms with Gasteiger partial charge in [0.15, 0.2) is 0 Å². The van der Waals surface area contributed by atoms with Gasteiger partial charge >= 0.3 is 12.7 Å². The van der Waals surface area contributed by atoms with E-state index in [9.17, 15) is 22.0 Å². The fourth-order valence-corrected chi connectivity index (χ4v) is 3.63. The molecular formula is C16H23ClF2N2O5S. The number of nitrogens with one attached hydrogen (secondary N) is 2. The summed E-state index contributed by atoms with van der Waals surface area (Å²) in [6.45, 7) is 2.55. The Labute approximate surface area is 162 Å². The lowest BCUT2D eigenvalue weighted by Gasteiger charge is -2.21. The first-order chi connectivity index (χ1) is 12.5. The summed E-state index contributed by atoms with van der Waals surface area (Å²) in [5.41, 5.74) is 0. The Morgan fingerprint density at radius 2 is 1.96 bits per heavy atom. The molecule has 7 nitrogen and oxygen atoms in total. The van der Waals surface area contributed by atoms with E-state index in [1.807, 2.05) is 13.8 Å². The Morgan fingerprint density at radius 3 is 2.48 bits per heavy atom. The third kappa shape index (κ3) is 8.27. The van der Waals surface area contributed by atoms with E-state index in [-0.39, 0.29) is 34.7 Å². The molecule has 1 aromatic carbocycles. The summed E-state index contributed by atoms with van der Waals surface area (Å²) >= 11 is 5.79. The van der Waals surface area contributed by atoms with Crippen molar-refractivity contribution in [2.45, 2.75) is 44.7 Å². The van der Waals surface area contributed by atoms with Crippen molar-refractivity contribution in [3.8, 4) is 5.75 Å². The Balaban J connectivity index is 2.84. The van der Waals surface area contributed by atoms with Crippen LogP contribution in [0, 0.1) is 5.92 Å². The van der Waals surface area contributed by atoms with Gasteiger partial charge in [0.25, 0.3) is 0 Å².